The van der Waals surface area contributed by atoms with Crippen LogP contribution in [0, 0.1) is 0 Å². The first-order valence-corrected chi connectivity index (χ1v) is 6.33. The van der Waals surface area contributed by atoms with Crippen molar-refractivity contribution in [2.45, 2.75) is 25.4 Å². The maximum atomic E-state index is 5.59. The van der Waals surface area contributed by atoms with E-state index >= 15 is 0 Å². The van der Waals surface area contributed by atoms with Gasteiger partial charge in [0.1, 0.15) is 12.1 Å². The molecule has 96 valence electrons. The van der Waals surface area contributed by atoms with Gasteiger partial charge in [0, 0.05) is 20.2 Å². The van der Waals surface area contributed by atoms with E-state index in [1.807, 2.05) is 7.05 Å². The molecule has 1 saturated heterocycles. The Balaban J connectivity index is 1.66. The van der Waals surface area contributed by atoms with E-state index < -0.39 is 0 Å². The van der Waals surface area contributed by atoms with Crippen molar-refractivity contribution < 1.29 is 4.74 Å². The van der Waals surface area contributed by atoms with Crippen LogP contribution in [-0.2, 0) is 11.8 Å². The second-order valence-corrected chi connectivity index (χ2v) is 4.58. The number of hydrogen-bond donors (Lipinski definition) is 1. The van der Waals surface area contributed by atoms with Gasteiger partial charge in [0.2, 0.25) is 0 Å². The zero-order valence-corrected chi connectivity index (χ0v) is 10.5. The van der Waals surface area contributed by atoms with Gasteiger partial charge >= 0.3 is 0 Å². The molecule has 1 aliphatic rings. The molecule has 0 aromatic carbocycles. The second kappa shape index (κ2) is 4.89. The summed E-state index contributed by atoms with van der Waals surface area (Å²) in [5, 5.41) is 8.50. The number of rotatable bonds is 4. The summed E-state index contributed by atoms with van der Waals surface area (Å²) < 4.78 is 7.35. The minimum absolute atomic E-state index is 0.406. The number of aromatic nitrogens is 4. The van der Waals surface area contributed by atoms with Gasteiger partial charge in [-0.05, 0) is 19.3 Å². The highest BCUT2D eigenvalue weighted by atomic mass is 16.5. The Kier molecular flexibility index (Phi) is 3.10. The quantitative estimate of drug-likeness (QED) is 0.883. The van der Waals surface area contributed by atoms with E-state index in [0.29, 0.717) is 6.10 Å². The van der Waals surface area contributed by atoms with E-state index in [0.717, 1.165) is 36.4 Å². The van der Waals surface area contributed by atoms with Crippen LogP contribution in [0.25, 0.3) is 11.0 Å². The third-order valence-corrected chi connectivity index (χ3v) is 3.31. The topological polar surface area (TPSA) is 64.9 Å². The first-order valence-electron chi connectivity index (χ1n) is 6.33. The fourth-order valence-corrected chi connectivity index (χ4v) is 2.33. The Morgan fingerprint density at radius 3 is 3.28 bits per heavy atom. The van der Waals surface area contributed by atoms with Gasteiger partial charge in [0.25, 0.3) is 0 Å². The van der Waals surface area contributed by atoms with Crippen LogP contribution in [0.4, 0.5) is 5.82 Å². The highest BCUT2D eigenvalue weighted by Gasteiger charge is 2.15. The molecule has 1 unspecified atom stereocenters. The van der Waals surface area contributed by atoms with Gasteiger partial charge in [-0.1, -0.05) is 0 Å². The number of nitrogens with zero attached hydrogens (tertiary/aromatic N) is 4. The molecule has 1 N–H and O–H groups in total. The Labute approximate surface area is 105 Å². The molecule has 6 heteroatoms. The van der Waals surface area contributed by atoms with E-state index in [2.05, 4.69) is 20.4 Å². The van der Waals surface area contributed by atoms with E-state index in [9.17, 15) is 0 Å². The summed E-state index contributed by atoms with van der Waals surface area (Å²) in [4.78, 5) is 8.48. The van der Waals surface area contributed by atoms with Gasteiger partial charge < -0.3 is 10.1 Å². The zero-order valence-electron chi connectivity index (χ0n) is 10.5. The Hall–Kier alpha value is -1.69. The molecule has 0 amide bonds. The zero-order chi connectivity index (χ0) is 12.4. The van der Waals surface area contributed by atoms with Gasteiger partial charge in [0.05, 0.1) is 17.7 Å². The lowest BCUT2D eigenvalue weighted by Gasteiger charge is -2.10. The molecule has 0 radical (unpaired) electrons. The van der Waals surface area contributed by atoms with Gasteiger partial charge in [-0.2, -0.15) is 5.10 Å². The van der Waals surface area contributed by atoms with Crippen LogP contribution in [0.2, 0.25) is 0 Å². The smallest absolute Gasteiger partial charge is 0.163 e. The standard InChI is InChI=1S/C12H17N5O/c1-17-12-10(7-16-17)11(14-8-15-12)13-5-4-9-3-2-6-18-9/h7-9H,2-6H2,1H3,(H,13,14,15). The van der Waals surface area contributed by atoms with Crippen molar-refractivity contribution in [1.82, 2.24) is 19.7 Å². The molecule has 0 spiro atoms. The molecule has 1 aliphatic heterocycles. The normalized spacial score (nSPS) is 19.5. The van der Waals surface area contributed by atoms with Crippen molar-refractivity contribution in [2.24, 2.45) is 7.05 Å². The van der Waals surface area contributed by atoms with Crippen molar-refractivity contribution in [3.63, 3.8) is 0 Å². The third-order valence-electron chi connectivity index (χ3n) is 3.31. The molecule has 3 heterocycles. The predicted octanol–water partition coefficient (Wildman–Crippen LogP) is 1.34. The Bertz CT molecular complexity index is 532. The summed E-state index contributed by atoms with van der Waals surface area (Å²) in [7, 11) is 1.88. The molecule has 2 aromatic rings. The molecule has 18 heavy (non-hydrogen) atoms. The summed E-state index contributed by atoms with van der Waals surface area (Å²) in [5.41, 5.74) is 0.851. The number of ether oxygens (including phenoxy) is 1. The fourth-order valence-electron chi connectivity index (χ4n) is 2.33. The minimum Gasteiger partial charge on any atom is -0.378 e. The lowest BCUT2D eigenvalue weighted by atomic mass is 10.2. The largest absolute Gasteiger partial charge is 0.378 e. The van der Waals surface area contributed by atoms with Crippen LogP contribution in [0.5, 0.6) is 0 Å². The van der Waals surface area contributed by atoms with Gasteiger partial charge in [-0.3, -0.25) is 4.68 Å². The van der Waals surface area contributed by atoms with E-state index in [1.165, 1.54) is 12.8 Å². The van der Waals surface area contributed by atoms with Crippen molar-refractivity contribution >= 4 is 16.9 Å². The number of fused-ring (bicyclic) bond motifs is 1. The van der Waals surface area contributed by atoms with Crippen LogP contribution in [0.3, 0.4) is 0 Å². The lowest BCUT2D eigenvalue weighted by Crippen LogP contribution is -2.13. The Morgan fingerprint density at radius 1 is 1.50 bits per heavy atom. The predicted molar refractivity (Wildman–Crippen MR) is 68.4 cm³/mol. The van der Waals surface area contributed by atoms with Crippen molar-refractivity contribution in [1.29, 1.82) is 0 Å². The Morgan fingerprint density at radius 2 is 2.44 bits per heavy atom. The average molecular weight is 247 g/mol. The molecule has 0 saturated carbocycles. The molecular weight excluding hydrogens is 230 g/mol. The molecule has 0 bridgehead atoms. The first kappa shape index (κ1) is 11.4. The molecular formula is C12H17N5O. The summed E-state index contributed by atoms with van der Waals surface area (Å²) in [6.07, 6.45) is 7.15. The molecule has 1 fully saturated rings. The summed E-state index contributed by atoms with van der Waals surface area (Å²) in [6, 6.07) is 0. The number of nitrogens with one attached hydrogen (secondary N) is 1. The summed E-state index contributed by atoms with van der Waals surface area (Å²) in [5.74, 6) is 0.853. The van der Waals surface area contributed by atoms with Crippen LogP contribution in [0.15, 0.2) is 12.5 Å². The molecule has 1 atom stereocenters. The maximum Gasteiger partial charge on any atom is 0.163 e. The van der Waals surface area contributed by atoms with E-state index in [4.69, 9.17) is 4.74 Å². The molecule has 3 rings (SSSR count). The molecule has 6 nitrogen and oxygen atoms in total. The number of aryl methyl sites for hydroxylation is 1. The average Bonchev–Trinajstić information content (AvgIpc) is 3.01. The van der Waals surface area contributed by atoms with Gasteiger partial charge in [-0.25, -0.2) is 9.97 Å². The maximum absolute atomic E-state index is 5.59. The van der Waals surface area contributed by atoms with E-state index in [1.54, 1.807) is 17.2 Å². The van der Waals surface area contributed by atoms with Crippen molar-refractivity contribution in [3.05, 3.63) is 12.5 Å². The SMILES string of the molecule is Cn1ncc2c(NCCC3CCCO3)ncnc21. The van der Waals surface area contributed by atoms with Gasteiger partial charge in [-0.15, -0.1) is 0 Å². The first-order chi connectivity index (χ1) is 8.84. The highest BCUT2D eigenvalue weighted by Crippen LogP contribution is 2.19. The minimum atomic E-state index is 0.406. The van der Waals surface area contributed by atoms with Crippen LogP contribution >= 0.6 is 0 Å². The number of hydrogen-bond acceptors (Lipinski definition) is 5. The monoisotopic (exact) mass is 247 g/mol. The van der Waals surface area contributed by atoms with Gasteiger partial charge in [0.15, 0.2) is 5.65 Å². The van der Waals surface area contributed by atoms with Crippen LogP contribution in [0.1, 0.15) is 19.3 Å². The lowest BCUT2D eigenvalue weighted by molar-refractivity contribution is 0.107. The fraction of sp³-hybridized carbons (Fsp3) is 0.583. The van der Waals surface area contributed by atoms with Crippen LogP contribution in [-0.4, -0.2) is 39.0 Å². The second-order valence-electron chi connectivity index (χ2n) is 4.58. The summed E-state index contributed by atoms with van der Waals surface area (Å²) >= 11 is 0. The summed E-state index contributed by atoms with van der Waals surface area (Å²) in [6.45, 7) is 1.77. The molecule has 0 aliphatic carbocycles. The molecule has 2 aromatic heterocycles. The highest BCUT2D eigenvalue weighted by molar-refractivity contribution is 5.85. The van der Waals surface area contributed by atoms with E-state index in [-0.39, 0.29) is 0 Å². The van der Waals surface area contributed by atoms with Crippen LogP contribution < -0.4 is 5.32 Å². The van der Waals surface area contributed by atoms with Crippen molar-refractivity contribution in [2.75, 3.05) is 18.5 Å². The number of anilines is 1. The van der Waals surface area contributed by atoms with Crippen molar-refractivity contribution in [3.8, 4) is 0 Å². The third kappa shape index (κ3) is 2.15.